The van der Waals surface area contributed by atoms with E-state index in [1.165, 1.54) is 11.1 Å². The van der Waals surface area contributed by atoms with Crippen LogP contribution in [0.1, 0.15) is 35.3 Å². The second-order valence-electron chi connectivity index (χ2n) is 6.80. The zero-order chi connectivity index (χ0) is 17.6. The van der Waals surface area contributed by atoms with Crippen molar-refractivity contribution in [1.82, 2.24) is 10.3 Å². The fraction of sp³-hybridized carbons (Fsp3) is 0.368. The predicted molar refractivity (Wildman–Crippen MR) is 102 cm³/mol. The number of anilines is 2. The summed E-state index contributed by atoms with van der Waals surface area (Å²) in [5, 5.41) is 14.5. The molecule has 3 unspecified atom stereocenters. The molecule has 4 rings (SSSR count). The van der Waals surface area contributed by atoms with Crippen molar-refractivity contribution in [2.24, 2.45) is 0 Å². The molecule has 2 aliphatic rings. The van der Waals surface area contributed by atoms with Crippen LogP contribution in [0.2, 0.25) is 0 Å². The number of hydrogen-bond donors (Lipinski definition) is 3. The van der Waals surface area contributed by atoms with Crippen LogP contribution in [0, 0.1) is 12.3 Å². The van der Waals surface area contributed by atoms with Gasteiger partial charge in [-0.25, -0.2) is 4.98 Å². The number of aromatic nitrogens is 1. The first-order valence-corrected chi connectivity index (χ1v) is 9.98. The molecule has 0 amide bonds. The Morgan fingerprint density at radius 3 is 2.76 bits per heavy atom. The van der Waals surface area contributed by atoms with E-state index in [9.17, 15) is 4.55 Å². The molecule has 5 nitrogen and oxygen atoms in total. The average Bonchev–Trinajstić information content (AvgIpc) is 2.77. The lowest BCUT2D eigenvalue weighted by Crippen LogP contribution is -2.48. The molecule has 0 saturated carbocycles. The average molecular weight is 354 g/mol. The zero-order valence-electron chi connectivity index (χ0n) is 14.4. The van der Waals surface area contributed by atoms with Gasteiger partial charge in [0.2, 0.25) is 0 Å². The van der Waals surface area contributed by atoms with Crippen LogP contribution in [0.5, 0.6) is 0 Å². The fourth-order valence-corrected chi connectivity index (χ4v) is 4.63. The summed E-state index contributed by atoms with van der Waals surface area (Å²) >= 11 is -1.01. The molecule has 25 heavy (non-hydrogen) atoms. The van der Waals surface area contributed by atoms with Gasteiger partial charge in [0.15, 0.2) is 5.25 Å². The molecule has 0 aliphatic carbocycles. The number of hydrogen-bond acceptors (Lipinski definition) is 4. The maximum absolute atomic E-state index is 12.2. The molecule has 0 bridgehead atoms. The lowest BCUT2D eigenvalue weighted by molar-refractivity contribution is 0.565. The molecular formula is C19H22N4OS. The molecule has 130 valence electrons. The van der Waals surface area contributed by atoms with Crippen molar-refractivity contribution in [3.05, 3.63) is 52.7 Å². The van der Waals surface area contributed by atoms with E-state index in [-0.39, 0.29) is 11.3 Å². The van der Waals surface area contributed by atoms with Crippen LogP contribution in [-0.2, 0) is 24.0 Å². The van der Waals surface area contributed by atoms with Gasteiger partial charge in [-0.05, 0) is 66.7 Å². The van der Waals surface area contributed by atoms with Crippen LogP contribution >= 0.6 is 0 Å². The van der Waals surface area contributed by atoms with E-state index in [0.717, 1.165) is 35.6 Å². The number of fused-ring (bicyclic) bond motifs is 2. The summed E-state index contributed by atoms with van der Waals surface area (Å²) in [5.41, 5.74) is 5.62. The standard InChI is InChI=1S/C19H22N4OS/c1-11-3-4-14-7-5-13-6-8-15(9-16(13)23-19(14)21-11)17-10-25(24)12(2)18(20)22-17/h3-4,6,8-9,12,17H,5,7,10H2,1-2H3,(H2,20,22)(H,21,23). The first-order valence-electron chi connectivity index (χ1n) is 8.60. The summed E-state index contributed by atoms with van der Waals surface area (Å²) in [4.78, 5) is 4.64. The molecule has 1 aromatic heterocycles. The van der Waals surface area contributed by atoms with Crippen molar-refractivity contribution >= 4 is 28.5 Å². The van der Waals surface area contributed by atoms with Gasteiger partial charge in [-0.2, -0.15) is 0 Å². The molecule has 1 fully saturated rings. The highest BCUT2D eigenvalue weighted by atomic mass is 32.2. The molecule has 3 heterocycles. The Bertz CT molecular complexity index is 838. The topological polar surface area (TPSA) is 83.9 Å². The first kappa shape index (κ1) is 16.4. The summed E-state index contributed by atoms with van der Waals surface area (Å²) < 4.78 is 12.2. The highest BCUT2D eigenvalue weighted by molar-refractivity contribution is 7.92. The second-order valence-corrected chi connectivity index (χ2v) is 8.60. The van der Waals surface area contributed by atoms with Crippen LogP contribution in [-0.4, -0.2) is 26.4 Å². The quantitative estimate of drug-likeness (QED) is 0.688. The Hall–Kier alpha value is -2.05. The smallest absolute Gasteiger partial charge is 0.169 e. The van der Waals surface area contributed by atoms with E-state index in [1.54, 1.807) is 0 Å². The third-order valence-corrected chi connectivity index (χ3v) is 6.72. The molecule has 3 atom stereocenters. The largest absolute Gasteiger partial charge is 0.616 e. The molecular weight excluding hydrogens is 332 g/mol. The normalized spacial score (nSPS) is 25.2. The summed E-state index contributed by atoms with van der Waals surface area (Å²) in [5.74, 6) is 1.83. The molecule has 1 aromatic carbocycles. The van der Waals surface area contributed by atoms with Crippen molar-refractivity contribution in [3.8, 4) is 0 Å². The zero-order valence-corrected chi connectivity index (χ0v) is 15.2. The monoisotopic (exact) mass is 354 g/mol. The predicted octanol–water partition coefficient (Wildman–Crippen LogP) is 2.99. The van der Waals surface area contributed by atoms with Crippen LogP contribution in [0.25, 0.3) is 0 Å². The van der Waals surface area contributed by atoms with Crippen molar-refractivity contribution in [2.45, 2.75) is 38.0 Å². The second kappa shape index (κ2) is 6.35. The number of nitrogens with zero attached hydrogens (tertiary/aromatic N) is 1. The van der Waals surface area contributed by atoms with Crippen molar-refractivity contribution in [2.75, 3.05) is 11.1 Å². The molecule has 6 heteroatoms. The number of benzene rings is 1. The lowest BCUT2D eigenvalue weighted by Gasteiger charge is -2.32. The van der Waals surface area contributed by atoms with Crippen LogP contribution < -0.4 is 10.6 Å². The van der Waals surface area contributed by atoms with Gasteiger partial charge < -0.3 is 15.2 Å². The minimum Gasteiger partial charge on any atom is -0.616 e. The number of pyridine rings is 1. The van der Waals surface area contributed by atoms with Crippen LogP contribution in [0.15, 0.2) is 30.3 Å². The molecule has 0 spiro atoms. The minimum absolute atomic E-state index is 0.0789. The number of amidine groups is 1. The maximum Gasteiger partial charge on any atom is 0.169 e. The summed E-state index contributed by atoms with van der Waals surface area (Å²) in [7, 11) is 0. The molecule has 3 N–H and O–H groups in total. The van der Waals surface area contributed by atoms with E-state index in [4.69, 9.17) is 5.41 Å². The Labute approximate surface area is 150 Å². The van der Waals surface area contributed by atoms with Crippen LogP contribution in [0.3, 0.4) is 0 Å². The SMILES string of the molecule is Cc1ccc2c(n1)Nc1cc(C3C[S+]([O-])C(C)C(=N)N3)ccc1CC2. The van der Waals surface area contributed by atoms with E-state index in [0.29, 0.717) is 11.6 Å². The Morgan fingerprint density at radius 2 is 1.96 bits per heavy atom. The lowest BCUT2D eigenvalue weighted by atomic mass is 10.0. The fourth-order valence-electron chi connectivity index (χ4n) is 3.40. The van der Waals surface area contributed by atoms with Gasteiger partial charge >= 0.3 is 0 Å². The van der Waals surface area contributed by atoms with E-state index in [2.05, 4.69) is 45.9 Å². The number of aryl methyl sites for hydroxylation is 3. The van der Waals surface area contributed by atoms with E-state index >= 15 is 0 Å². The molecule has 2 aliphatic heterocycles. The highest BCUT2D eigenvalue weighted by Crippen LogP contribution is 2.32. The Kier molecular flexibility index (Phi) is 4.17. The van der Waals surface area contributed by atoms with Gasteiger partial charge in [0.25, 0.3) is 0 Å². The van der Waals surface area contributed by atoms with Crippen molar-refractivity contribution in [3.63, 3.8) is 0 Å². The van der Waals surface area contributed by atoms with Gasteiger partial charge in [-0.3, -0.25) is 5.41 Å². The first-order chi connectivity index (χ1) is 12.0. The van der Waals surface area contributed by atoms with E-state index < -0.39 is 11.2 Å². The maximum atomic E-state index is 12.2. The van der Waals surface area contributed by atoms with Gasteiger partial charge in [0.1, 0.15) is 17.4 Å². The highest BCUT2D eigenvalue weighted by Gasteiger charge is 2.34. The van der Waals surface area contributed by atoms with Crippen molar-refractivity contribution < 1.29 is 4.55 Å². The number of nitrogens with one attached hydrogen (secondary N) is 3. The van der Waals surface area contributed by atoms with Gasteiger partial charge in [-0.15, -0.1) is 0 Å². The molecule has 2 aromatic rings. The summed E-state index contributed by atoms with van der Waals surface area (Å²) in [6, 6.07) is 10.5. The van der Waals surface area contributed by atoms with Gasteiger partial charge in [0.05, 0.1) is 6.04 Å². The van der Waals surface area contributed by atoms with Crippen molar-refractivity contribution in [1.29, 1.82) is 5.41 Å². The third kappa shape index (κ3) is 3.12. The van der Waals surface area contributed by atoms with Gasteiger partial charge in [0, 0.05) is 11.4 Å². The summed E-state index contributed by atoms with van der Waals surface area (Å²) in [6.07, 6.45) is 1.94. The van der Waals surface area contributed by atoms with E-state index in [1.807, 2.05) is 13.8 Å². The third-order valence-electron chi connectivity index (χ3n) is 5.03. The van der Waals surface area contributed by atoms with Crippen LogP contribution in [0.4, 0.5) is 11.5 Å². The molecule has 1 saturated heterocycles. The number of rotatable bonds is 1. The Morgan fingerprint density at radius 1 is 1.20 bits per heavy atom. The molecule has 0 radical (unpaired) electrons. The Balaban J connectivity index is 1.65. The minimum atomic E-state index is -1.01. The van der Waals surface area contributed by atoms with Gasteiger partial charge in [-0.1, -0.05) is 18.2 Å². The summed E-state index contributed by atoms with van der Waals surface area (Å²) in [6.45, 7) is 3.84.